The largest absolute Gasteiger partial charge is 0.454 e. The van der Waals surface area contributed by atoms with E-state index in [2.05, 4.69) is 37.3 Å². The van der Waals surface area contributed by atoms with Gasteiger partial charge in [-0.05, 0) is 24.9 Å². The third-order valence-electron chi connectivity index (χ3n) is 3.13. The van der Waals surface area contributed by atoms with Crippen LogP contribution >= 0.6 is 0 Å². The van der Waals surface area contributed by atoms with Crippen LogP contribution in [0, 0.1) is 5.92 Å². The minimum Gasteiger partial charge on any atom is -0.454 e. The van der Waals surface area contributed by atoms with E-state index in [1.165, 1.54) is 5.56 Å². The van der Waals surface area contributed by atoms with Gasteiger partial charge >= 0.3 is 0 Å². The SMILES string of the molecule is CCCn1cc(Oc2ccccc2CNCC(C)C)cn1. The summed E-state index contributed by atoms with van der Waals surface area (Å²) < 4.78 is 7.88. The molecule has 114 valence electrons. The number of benzene rings is 1. The summed E-state index contributed by atoms with van der Waals surface area (Å²) in [6.07, 6.45) is 4.78. The van der Waals surface area contributed by atoms with E-state index in [0.29, 0.717) is 5.92 Å². The van der Waals surface area contributed by atoms with Gasteiger partial charge in [0.25, 0.3) is 0 Å². The molecule has 21 heavy (non-hydrogen) atoms. The van der Waals surface area contributed by atoms with Crippen molar-refractivity contribution in [3.8, 4) is 11.5 Å². The molecule has 0 aliphatic heterocycles. The molecule has 0 atom stereocenters. The lowest BCUT2D eigenvalue weighted by atomic mass is 10.2. The standard InChI is InChI=1S/C17H25N3O/c1-4-9-20-13-16(12-19-20)21-17-8-6-5-7-15(17)11-18-10-14(2)3/h5-8,12-14,18H,4,9-11H2,1-3H3. The number of para-hydroxylation sites is 1. The molecule has 2 aromatic rings. The third-order valence-corrected chi connectivity index (χ3v) is 3.13. The molecule has 4 nitrogen and oxygen atoms in total. The Morgan fingerprint density at radius 2 is 2.10 bits per heavy atom. The van der Waals surface area contributed by atoms with E-state index >= 15 is 0 Å². The Labute approximate surface area is 127 Å². The summed E-state index contributed by atoms with van der Waals surface area (Å²) in [5.41, 5.74) is 1.17. The number of rotatable bonds is 8. The number of aromatic nitrogens is 2. The van der Waals surface area contributed by atoms with Crippen LogP contribution in [0.25, 0.3) is 0 Å². The highest BCUT2D eigenvalue weighted by atomic mass is 16.5. The molecule has 0 amide bonds. The summed E-state index contributed by atoms with van der Waals surface area (Å²) in [5, 5.41) is 7.75. The van der Waals surface area contributed by atoms with Crippen LogP contribution in [0.1, 0.15) is 32.8 Å². The number of hydrogen-bond donors (Lipinski definition) is 1. The Morgan fingerprint density at radius 3 is 2.86 bits per heavy atom. The maximum atomic E-state index is 5.97. The molecular formula is C17H25N3O. The lowest BCUT2D eigenvalue weighted by Crippen LogP contribution is -2.19. The van der Waals surface area contributed by atoms with Crippen molar-refractivity contribution >= 4 is 0 Å². The van der Waals surface area contributed by atoms with Crippen molar-refractivity contribution in [3.05, 3.63) is 42.2 Å². The first kappa shape index (κ1) is 15.6. The number of nitrogens with one attached hydrogen (secondary N) is 1. The van der Waals surface area contributed by atoms with Gasteiger partial charge in [-0.3, -0.25) is 4.68 Å². The van der Waals surface area contributed by atoms with Gasteiger partial charge < -0.3 is 10.1 Å². The predicted octanol–water partition coefficient (Wildman–Crippen LogP) is 3.83. The van der Waals surface area contributed by atoms with E-state index in [4.69, 9.17) is 4.74 Å². The number of hydrogen-bond acceptors (Lipinski definition) is 3. The van der Waals surface area contributed by atoms with E-state index in [9.17, 15) is 0 Å². The van der Waals surface area contributed by atoms with E-state index in [1.807, 2.05) is 29.1 Å². The van der Waals surface area contributed by atoms with Gasteiger partial charge in [-0.15, -0.1) is 0 Å². The molecule has 1 aromatic carbocycles. The van der Waals surface area contributed by atoms with Crippen molar-refractivity contribution in [2.24, 2.45) is 5.92 Å². The van der Waals surface area contributed by atoms with Gasteiger partial charge in [-0.1, -0.05) is 39.0 Å². The topological polar surface area (TPSA) is 39.1 Å². The second-order valence-electron chi connectivity index (χ2n) is 5.67. The van der Waals surface area contributed by atoms with Gasteiger partial charge in [0.05, 0.1) is 12.4 Å². The number of ether oxygens (including phenoxy) is 1. The van der Waals surface area contributed by atoms with Gasteiger partial charge in [0.2, 0.25) is 0 Å². The van der Waals surface area contributed by atoms with E-state index in [0.717, 1.165) is 37.6 Å². The van der Waals surface area contributed by atoms with Crippen LogP contribution in [0.3, 0.4) is 0 Å². The van der Waals surface area contributed by atoms with Gasteiger partial charge in [0.15, 0.2) is 5.75 Å². The monoisotopic (exact) mass is 287 g/mol. The van der Waals surface area contributed by atoms with E-state index < -0.39 is 0 Å². The summed E-state index contributed by atoms with van der Waals surface area (Å²) >= 11 is 0. The smallest absolute Gasteiger partial charge is 0.165 e. The van der Waals surface area contributed by atoms with Crippen LogP contribution < -0.4 is 10.1 Å². The highest BCUT2D eigenvalue weighted by Gasteiger charge is 2.06. The highest BCUT2D eigenvalue weighted by molar-refractivity contribution is 5.36. The minimum absolute atomic E-state index is 0.644. The average Bonchev–Trinajstić information content (AvgIpc) is 2.88. The van der Waals surface area contributed by atoms with Gasteiger partial charge in [0.1, 0.15) is 5.75 Å². The Bertz CT molecular complexity index is 548. The molecule has 0 bridgehead atoms. The summed E-state index contributed by atoms with van der Waals surface area (Å²) in [6, 6.07) is 8.14. The van der Waals surface area contributed by atoms with Crippen LogP contribution in [0.4, 0.5) is 0 Å². The van der Waals surface area contributed by atoms with Crippen molar-refractivity contribution in [1.29, 1.82) is 0 Å². The molecule has 0 aliphatic rings. The van der Waals surface area contributed by atoms with Crippen LogP contribution in [0.15, 0.2) is 36.7 Å². The third kappa shape index (κ3) is 4.90. The molecule has 1 N–H and O–H groups in total. The summed E-state index contributed by atoms with van der Waals surface area (Å²) in [4.78, 5) is 0. The maximum absolute atomic E-state index is 5.97. The van der Waals surface area contributed by atoms with Crippen LogP contribution in [-0.2, 0) is 13.1 Å². The van der Waals surface area contributed by atoms with E-state index in [1.54, 1.807) is 6.20 Å². The molecule has 0 saturated carbocycles. The molecule has 0 fully saturated rings. The van der Waals surface area contributed by atoms with Crippen LogP contribution in [0.2, 0.25) is 0 Å². The van der Waals surface area contributed by atoms with Gasteiger partial charge in [-0.2, -0.15) is 5.10 Å². The molecule has 1 aromatic heterocycles. The molecule has 0 spiro atoms. The Balaban J connectivity index is 2.01. The zero-order valence-corrected chi connectivity index (χ0v) is 13.2. The van der Waals surface area contributed by atoms with Crippen molar-refractivity contribution in [2.75, 3.05) is 6.54 Å². The second-order valence-corrected chi connectivity index (χ2v) is 5.67. The van der Waals surface area contributed by atoms with Gasteiger partial charge in [0, 0.05) is 18.7 Å². The number of nitrogens with zero attached hydrogens (tertiary/aromatic N) is 2. The lowest BCUT2D eigenvalue weighted by molar-refractivity contribution is 0.467. The second kappa shape index (κ2) is 7.84. The normalized spacial score (nSPS) is 11.0. The highest BCUT2D eigenvalue weighted by Crippen LogP contribution is 2.24. The fourth-order valence-electron chi connectivity index (χ4n) is 2.12. The fourth-order valence-corrected chi connectivity index (χ4v) is 2.12. The first-order valence-electron chi connectivity index (χ1n) is 7.68. The lowest BCUT2D eigenvalue weighted by Gasteiger charge is -2.11. The molecule has 1 heterocycles. The summed E-state index contributed by atoms with van der Waals surface area (Å²) in [6.45, 7) is 9.29. The molecular weight excluding hydrogens is 262 g/mol. The predicted molar refractivity (Wildman–Crippen MR) is 85.6 cm³/mol. The Kier molecular flexibility index (Phi) is 5.81. The molecule has 0 unspecified atom stereocenters. The average molecular weight is 287 g/mol. The minimum atomic E-state index is 0.644. The van der Waals surface area contributed by atoms with Crippen molar-refractivity contribution in [3.63, 3.8) is 0 Å². The van der Waals surface area contributed by atoms with Gasteiger partial charge in [-0.25, -0.2) is 0 Å². The van der Waals surface area contributed by atoms with E-state index in [-0.39, 0.29) is 0 Å². The molecule has 0 aliphatic carbocycles. The maximum Gasteiger partial charge on any atom is 0.165 e. The zero-order valence-electron chi connectivity index (χ0n) is 13.2. The molecule has 0 radical (unpaired) electrons. The number of aryl methyl sites for hydroxylation is 1. The van der Waals surface area contributed by atoms with Crippen molar-refractivity contribution in [2.45, 2.75) is 40.3 Å². The first-order chi connectivity index (χ1) is 10.2. The van der Waals surface area contributed by atoms with Crippen LogP contribution in [-0.4, -0.2) is 16.3 Å². The van der Waals surface area contributed by atoms with Crippen molar-refractivity contribution in [1.82, 2.24) is 15.1 Å². The summed E-state index contributed by atoms with van der Waals surface area (Å²) in [5.74, 6) is 2.33. The Morgan fingerprint density at radius 1 is 1.29 bits per heavy atom. The molecule has 2 rings (SSSR count). The summed E-state index contributed by atoms with van der Waals surface area (Å²) in [7, 11) is 0. The molecule has 0 saturated heterocycles. The van der Waals surface area contributed by atoms with Crippen molar-refractivity contribution < 1.29 is 4.74 Å². The first-order valence-corrected chi connectivity index (χ1v) is 7.68. The Hall–Kier alpha value is -1.81. The fraction of sp³-hybridized carbons (Fsp3) is 0.471. The zero-order chi connectivity index (χ0) is 15.1. The van der Waals surface area contributed by atoms with Crippen LogP contribution in [0.5, 0.6) is 11.5 Å². The quantitative estimate of drug-likeness (QED) is 0.802. The molecule has 4 heteroatoms.